The number of ether oxygens (including phenoxy) is 1. The van der Waals surface area contributed by atoms with Gasteiger partial charge < -0.3 is 4.74 Å². The monoisotopic (exact) mass is 366 g/mol. The van der Waals surface area contributed by atoms with Crippen molar-refractivity contribution in [2.75, 3.05) is 6.61 Å². The van der Waals surface area contributed by atoms with Gasteiger partial charge in [0.25, 0.3) is 0 Å². The van der Waals surface area contributed by atoms with E-state index in [2.05, 4.69) is 44.8 Å². The van der Waals surface area contributed by atoms with E-state index in [0.717, 1.165) is 13.0 Å². The fourth-order valence-corrected chi connectivity index (χ4v) is 5.09. The minimum Gasteiger partial charge on any atom is -0.378 e. The first-order valence-electron chi connectivity index (χ1n) is 5.68. The van der Waals surface area contributed by atoms with Gasteiger partial charge in [0.05, 0.1) is 10.9 Å². The van der Waals surface area contributed by atoms with Crippen LogP contribution in [-0.4, -0.2) is 12.7 Å². The van der Waals surface area contributed by atoms with Crippen molar-refractivity contribution in [3.63, 3.8) is 0 Å². The van der Waals surface area contributed by atoms with Gasteiger partial charge in [-0.05, 0) is 54.6 Å². The summed E-state index contributed by atoms with van der Waals surface area (Å²) in [5, 5.41) is 0. The van der Waals surface area contributed by atoms with Crippen molar-refractivity contribution in [1.29, 1.82) is 0 Å². The first kappa shape index (κ1) is 13.1. The fourth-order valence-electron chi connectivity index (χ4n) is 2.05. The number of halogens is 2. The number of rotatable bonds is 4. The average molecular weight is 368 g/mol. The van der Waals surface area contributed by atoms with Crippen molar-refractivity contribution in [2.45, 2.75) is 43.5 Å². The van der Waals surface area contributed by atoms with Crippen LogP contribution in [0.4, 0.5) is 0 Å². The van der Waals surface area contributed by atoms with E-state index in [0.29, 0.717) is 10.9 Å². The quantitative estimate of drug-likeness (QED) is 0.663. The maximum atomic E-state index is 5.65. The highest BCUT2D eigenvalue weighted by Crippen LogP contribution is 2.39. The van der Waals surface area contributed by atoms with Gasteiger partial charge >= 0.3 is 0 Å². The summed E-state index contributed by atoms with van der Waals surface area (Å²) in [6, 6.07) is 2.19. The smallest absolute Gasteiger partial charge is 0.0576 e. The molecule has 0 N–H and O–H groups in total. The molecule has 0 amide bonds. The van der Waals surface area contributed by atoms with Crippen LogP contribution in [0.25, 0.3) is 0 Å². The van der Waals surface area contributed by atoms with Crippen molar-refractivity contribution in [3.8, 4) is 0 Å². The van der Waals surface area contributed by atoms with Crippen molar-refractivity contribution >= 4 is 43.2 Å². The van der Waals surface area contributed by atoms with Crippen LogP contribution < -0.4 is 0 Å². The van der Waals surface area contributed by atoms with Gasteiger partial charge in [-0.2, -0.15) is 0 Å². The molecule has 1 nitrogen and oxygen atoms in total. The number of alkyl halides is 1. The molecule has 0 aliphatic carbocycles. The molecule has 1 aromatic rings. The van der Waals surface area contributed by atoms with Gasteiger partial charge in [0.1, 0.15) is 0 Å². The second-order valence-electron chi connectivity index (χ2n) is 4.25. The van der Waals surface area contributed by atoms with Crippen molar-refractivity contribution < 1.29 is 4.74 Å². The van der Waals surface area contributed by atoms with Crippen LogP contribution in [0.3, 0.4) is 0 Å². The highest BCUT2D eigenvalue weighted by atomic mass is 79.9. The summed E-state index contributed by atoms with van der Waals surface area (Å²) >= 11 is 9.27. The maximum Gasteiger partial charge on any atom is 0.0576 e. The SMILES string of the molecule is Cc1cc(Br)c(C(Br)CCC2CCCO2)s1. The summed E-state index contributed by atoms with van der Waals surface area (Å²) < 4.78 is 6.89. The molecule has 2 atom stereocenters. The number of hydrogen-bond donors (Lipinski definition) is 0. The standard InChI is InChI=1S/C12H16Br2OS/c1-8-7-11(14)12(16-8)10(13)5-4-9-3-2-6-15-9/h7,9-10H,2-6H2,1H3. The Morgan fingerprint density at radius 3 is 3.00 bits per heavy atom. The molecule has 1 saturated heterocycles. The Bertz CT molecular complexity index is 345. The van der Waals surface area contributed by atoms with E-state index in [9.17, 15) is 0 Å². The number of hydrogen-bond acceptors (Lipinski definition) is 2. The zero-order valence-corrected chi connectivity index (χ0v) is 13.3. The topological polar surface area (TPSA) is 9.23 Å². The van der Waals surface area contributed by atoms with Crippen LogP contribution in [0.5, 0.6) is 0 Å². The largest absolute Gasteiger partial charge is 0.378 e. The van der Waals surface area contributed by atoms with E-state index in [1.807, 2.05) is 11.3 Å². The first-order chi connectivity index (χ1) is 7.66. The van der Waals surface area contributed by atoms with Crippen molar-refractivity contribution in [2.24, 2.45) is 0 Å². The molecule has 0 aromatic carbocycles. The van der Waals surface area contributed by atoms with Gasteiger partial charge in [-0.15, -0.1) is 11.3 Å². The third-order valence-corrected chi connectivity index (χ3v) is 6.19. The lowest BCUT2D eigenvalue weighted by atomic mass is 10.1. The lowest BCUT2D eigenvalue weighted by molar-refractivity contribution is 0.102. The third kappa shape index (κ3) is 3.31. The van der Waals surface area contributed by atoms with Gasteiger partial charge in [-0.1, -0.05) is 15.9 Å². The van der Waals surface area contributed by atoms with Gasteiger partial charge in [0, 0.05) is 20.8 Å². The summed E-state index contributed by atoms with van der Waals surface area (Å²) in [7, 11) is 0. The summed E-state index contributed by atoms with van der Waals surface area (Å²) in [6.07, 6.45) is 5.30. The molecule has 1 aliphatic heterocycles. The Balaban J connectivity index is 1.87. The first-order valence-corrected chi connectivity index (χ1v) is 8.21. The second-order valence-corrected chi connectivity index (χ2v) is 7.50. The predicted molar refractivity (Wildman–Crippen MR) is 76.6 cm³/mol. The van der Waals surface area contributed by atoms with Crippen molar-refractivity contribution in [1.82, 2.24) is 0 Å². The second kappa shape index (κ2) is 5.98. The number of thiophene rings is 1. The van der Waals surface area contributed by atoms with Crippen LogP contribution >= 0.6 is 43.2 Å². The van der Waals surface area contributed by atoms with Gasteiger partial charge in [0.15, 0.2) is 0 Å². The molecule has 1 aliphatic rings. The van der Waals surface area contributed by atoms with Gasteiger partial charge in [0.2, 0.25) is 0 Å². The summed E-state index contributed by atoms with van der Waals surface area (Å²) in [5.41, 5.74) is 0. The highest BCUT2D eigenvalue weighted by Gasteiger charge is 2.19. The molecular formula is C12H16Br2OS. The molecule has 0 saturated carbocycles. The van der Waals surface area contributed by atoms with Crippen LogP contribution in [-0.2, 0) is 4.74 Å². The molecular weight excluding hydrogens is 352 g/mol. The highest BCUT2D eigenvalue weighted by molar-refractivity contribution is 9.11. The van der Waals surface area contributed by atoms with Gasteiger partial charge in [-0.3, -0.25) is 0 Å². The molecule has 1 aromatic heterocycles. The van der Waals surface area contributed by atoms with Crippen LogP contribution in [0, 0.1) is 6.92 Å². The van der Waals surface area contributed by atoms with E-state index in [4.69, 9.17) is 4.74 Å². The predicted octanol–water partition coefficient (Wildman–Crippen LogP) is 5.21. The van der Waals surface area contributed by atoms with Crippen LogP contribution in [0.2, 0.25) is 0 Å². The number of aryl methyl sites for hydroxylation is 1. The Kier molecular flexibility index (Phi) is 4.89. The van der Waals surface area contributed by atoms with Crippen LogP contribution in [0.15, 0.2) is 10.5 Å². The fraction of sp³-hybridized carbons (Fsp3) is 0.667. The average Bonchev–Trinajstić information content (AvgIpc) is 2.84. The Morgan fingerprint density at radius 1 is 1.62 bits per heavy atom. The lowest BCUT2D eigenvalue weighted by Crippen LogP contribution is -2.05. The third-order valence-electron chi connectivity index (χ3n) is 2.89. The minimum atomic E-state index is 0.463. The molecule has 4 heteroatoms. The summed E-state index contributed by atoms with van der Waals surface area (Å²) in [4.78, 5) is 3.24. The van der Waals surface area contributed by atoms with E-state index in [1.165, 1.54) is 33.5 Å². The molecule has 0 spiro atoms. The van der Waals surface area contributed by atoms with Crippen LogP contribution in [0.1, 0.15) is 40.3 Å². The molecule has 0 bridgehead atoms. The molecule has 0 radical (unpaired) electrons. The Labute approximate surface area is 118 Å². The van der Waals surface area contributed by atoms with E-state index in [1.54, 1.807) is 0 Å². The van der Waals surface area contributed by atoms with E-state index >= 15 is 0 Å². The maximum absolute atomic E-state index is 5.65. The molecule has 90 valence electrons. The lowest BCUT2D eigenvalue weighted by Gasteiger charge is -2.12. The summed E-state index contributed by atoms with van der Waals surface area (Å²) in [6.45, 7) is 3.11. The Hall–Kier alpha value is 0.620. The molecule has 2 heterocycles. The van der Waals surface area contributed by atoms with Crippen molar-refractivity contribution in [3.05, 3.63) is 20.3 Å². The molecule has 2 unspecified atom stereocenters. The molecule has 2 rings (SSSR count). The molecule has 16 heavy (non-hydrogen) atoms. The van der Waals surface area contributed by atoms with E-state index in [-0.39, 0.29) is 0 Å². The molecule has 1 fully saturated rings. The summed E-state index contributed by atoms with van der Waals surface area (Å²) in [5.74, 6) is 0. The normalized spacial score (nSPS) is 22.6. The minimum absolute atomic E-state index is 0.463. The van der Waals surface area contributed by atoms with Gasteiger partial charge in [-0.25, -0.2) is 0 Å². The Morgan fingerprint density at radius 2 is 2.44 bits per heavy atom. The zero-order valence-electron chi connectivity index (χ0n) is 9.34. The zero-order chi connectivity index (χ0) is 11.5. The van der Waals surface area contributed by atoms with E-state index < -0.39 is 0 Å².